The van der Waals surface area contributed by atoms with Crippen LogP contribution in [0.2, 0.25) is 0 Å². The van der Waals surface area contributed by atoms with Crippen LogP contribution in [0.3, 0.4) is 0 Å². The van der Waals surface area contributed by atoms with Crippen molar-refractivity contribution in [2.75, 3.05) is 28.4 Å². The first-order chi connectivity index (χ1) is 34.9. The molecule has 2 aromatic carbocycles. The van der Waals surface area contributed by atoms with Crippen LogP contribution in [0.1, 0.15) is 140 Å². The van der Waals surface area contributed by atoms with Gasteiger partial charge in [0.25, 0.3) is 0 Å². The number of hydrogen-bond donors (Lipinski definition) is 0. The minimum Gasteiger partial charge on any atom is -0.494 e. The molecule has 0 N–H and O–H groups in total. The van der Waals surface area contributed by atoms with Gasteiger partial charge in [0, 0.05) is 11.8 Å². The Morgan fingerprint density at radius 3 is 1.15 bits per heavy atom. The molecule has 2 saturated heterocycles. The molecule has 0 spiro atoms. The van der Waals surface area contributed by atoms with Gasteiger partial charge in [-0.05, 0) is 91.5 Å². The van der Waals surface area contributed by atoms with Crippen molar-refractivity contribution in [3.63, 3.8) is 0 Å². The molecule has 2 fully saturated rings. The fourth-order valence-corrected chi connectivity index (χ4v) is 12.1. The number of methoxy groups -OCH3 is 4. The van der Waals surface area contributed by atoms with Gasteiger partial charge < -0.3 is 28.4 Å². The number of para-hydroxylation sites is 2. The molecule has 0 bridgehead atoms. The molecular formula is C50H64F2N10O10S2. The molecule has 0 aliphatic carbocycles. The second-order valence-corrected chi connectivity index (χ2v) is 24.3. The van der Waals surface area contributed by atoms with E-state index in [-0.39, 0.29) is 34.5 Å². The Morgan fingerprint density at radius 1 is 0.568 bits per heavy atom. The topological polar surface area (TPSA) is 237 Å². The third-order valence-corrected chi connectivity index (χ3v) is 18.0. The van der Waals surface area contributed by atoms with Crippen LogP contribution in [0, 0.1) is 11.6 Å². The monoisotopic (exact) mass is 1070 g/mol. The summed E-state index contributed by atoms with van der Waals surface area (Å²) in [6, 6.07) is 10.6. The zero-order valence-electron chi connectivity index (χ0n) is 43.6. The Balaban J connectivity index is 0.000000216. The van der Waals surface area contributed by atoms with Crippen LogP contribution in [0.15, 0.2) is 61.2 Å². The zero-order valence-corrected chi connectivity index (χ0v) is 45.2. The maximum absolute atomic E-state index is 13.6. The molecule has 6 aromatic rings. The zero-order chi connectivity index (χ0) is 53.9. The van der Waals surface area contributed by atoms with Crippen molar-refractivity contribution in [3.05, 3.63) is 108 Å². The normalized spacial score (nSPS) is 18.9. The predicted molar refractivity (Wildman–Crippen MR) is 268 cm³/mol. The first-order valence-corrected chi connectivity index (χ1v) is 27.4. The molecule has 6 atom stereocenters. The molecule has 20 nitrogen and oxygen atoms in total. The summed E-state index contributed by atoms with van der Waals surface area (Å²) >= 11 is 0. The van der Waals surface area contributed by atoms with Gasteiger partial charge in [0.15, 0.2) is 54.6 Å². The van der Waals surface area contributed by atoms with Gasteiger partial charge >= 0.3 is 0 Å². The Morgan fingerprint density at radius 2 is 0.878 bits per heavy atom. The van der Waals surface area contributed by atoms with Gasteiger partial charge in [-0.15, -0.1) is 20.4 Å². The van der Waals surface area contributed by atoms with Crippen LogP contribution in [-0.2, 0) is 40.7 Å². The highest BCUT2D eigenvalue weighted by Crippen LogP contribution is 2.44. The molecule has 0 radical (unpaired) electrons. The molecule has 2 aliphatic heterocycles. The van der Waals surface area contributed by atoms with E-state index in [4.69, 9.17) is 28.4 Å². The van der Waals surface area contributed by atoms with Crippen LogP contribution in [0.5, 0.6) is 23.0 Å². The van der Waals surface area contributed by atoms with Gasteiger partial charge in [0.2, 0.25) is 0 Å². The molecule has 74 heavy (non-hydrogen) atoms. The van der Waals surface area contributed by atoms with E-state index in [9.17, 15) is 25.6 Å². The Bertz CT molecular complexity index is 2890. The number of sulfone groups is 2. The van der Waals surface area contributed by atoms with Crippen molar-refractivity contribution in [2.45, 2.75) is 138 Å². The Labute approximate surface area is 430 Å². The second-order valence-electron chi connectivity index (χ2n) is 19.6. The SMILES string of the molecule is COc1cccc(OC)c1-n1c(CS(=O)(=O)[C@@H](C)[C@H](C)c2ncc(F)cn2)nnc1[C@@H]1CCC(C)(C)O1.COc1cccc(OC)c1-n1c(CS(=O)(=O)[C@@H](C)[C@H](C)c2ncc(F)cn2)nnc1[C@H]1CCC(C)(C)O1. The summed E-state index contributed by atoms with van der Waals surface area (Å²) in [5.41, 5.74) is 0.289. The minimum absolute atomic E-state index is 0.199. The molecule has 4 aromatic heterocycles. The largest absolute Gasteiger partial charge is 0.494 e. The predicted octanol–water partition coefficient (Wildman–Crippen LogP) is 7.90. The lowest BCUT2D eigenvalue weighted by molar-refractivity contribution is -0.0210. The van der Waals surface area contributed by atoms with E-state index >= 15 is 0 Å². The maximum Gasteiger partial charge on any atom is 0.167 e. The van der Waals surface area contributed by atoms with Gasteiger partial charge in [-0.25, -0.2) is 45.6 Å². The quantitative estimate of drug-likeness (QED) is 0.0795. The second kappa shape index (κ2) is 22.3. The van der Waals surface area contributed by atoms with Crippen molar-refractivity contribution in [3.8, 4) is 34.4 Å². The molecule has 24 heteroatoms. The summed E-state index contributed by atoms with van der Waals surface area (Å²) < 4.78 is 119. The first-order valence-electron chi connectivity index (χ1n) is 24.0. The number of hydrogen-bond acceptors (Lipinski definition) is 18. The molecule has 0 saturated carbocycles. The van der Waals surface area contributed by atoms with Gasteiger partial charge in [-0.2, -0.15) is 0 Å². The highest BCUT2D eigenvalue weighted by molar-refractivity contribution is 7.91. The maximum atomic E-state index is 13.6. The van der Waals surface area contributed by atoms with E-state index in [0.29, 0.717) is 58.9 Å². The summed E-state index contributed by atoms with van der Waals surface area (Å²) in [6.45, 7) is 14.6. The number of benzene rings is 2. The first kappa shape index (κ1) is 55.5. The molecular weight excluding hydrogens is 1000 g/mol. The lowest BCUT2D eigenvalue weighted by atomic mass is 10.1. The molecule has 0 amide bonds. The van der Waals surface area contributed by atoms with Crippen LogP contribution in [0.4, 0.5) is 8.78 Å². The van der Waals surface area contributed by atoms with Gasteiger partial charge in [-0.3, -0.25) is 9.13 Å². The van der Waals surface area contributed by atoms with Gasteiger partial charge in [-0.1, -0.05) is 26.0 Å². The minimum atomic E-state index is -3.79. The molecule has 2 aliphatic rings. The van der Waals surface area contributed by atoms with E-state index in [2.05, 4.69) is 40.3 Å². The van der Waals surface area contributed by atoms with Crippen molar-refractivity contribution in [1.82, 2.24) is 49.5 Å². The highest BCUT2D eigenvalue weighted by Gasteiger charge is 2.41. The summed E-state index contributed by atoms with van der Waals surface area (Å²) in [5, 5.41) is 15.6. The number of nitrogens with zero attached hydrogens (tertiary/aromatic N) is 10. The lowest BCUT2D eigenvalue weighted by Crippen LogP contribution is -2.28. The van der Waals surface area contributed by atoms with Crippen LogP contribution in [-0.4, -0.2) is 116 Å². The average Bonchev–Trinajstić information content (AvgIpc) is 4.17. The Hall–Kier alpha value is -6.24. The standard InChI is InChI=1S/2C25H32FN5O5S/c2*1-15(23-27-12-17(26)13-28-23)16(2)37(32,33)14-21-29-30-24(20-10-11-25(3,4)36-20)31(21)22-18(34-5)8-7-9-19(22)35-6/h2*7-9,12-13,15-16,20H,10-11,14H2,1-6H3/t15-,16-,20+;15-,16-,20-/m00/s1. The molecule has 8 rings (SSSR count). The van der Waals surface area contributed by atoms with Crippen LogP contribution < -0.4 is 18.9 Å². The summed E-state index contributed by atoms with van der Waals surface area (Å²) in [6.07, 6.45) is 6.35. The number of halogens is 2. The third-order valence-electron chi connectivity index (χ3n) is 13.6. The highest BCUT2D eigenvalue weighted by atomic mass is 32.2. The third kappa shape index (κ3) is 12.0. The van der Waals surface area contributed by atoms with Crippen molar-refractivity contribution in [2.24, 2.45) is 0 Å². The van der Waals surface area contributed by atoms with E-state index in [1.807, 2.05) is 27.7 Å². The fourth-order valence-electron chi connectivity index (χ4n) is 8.96. The average molecular weight is 1070 g/mol. The van der Waals surface area contributed by atoms with Crippen molar-refractivity contribution in [1.29, 1.82) is 0 Å². The number of rotatable bonds is 18. The van der Waals surface area contributed by atoms with Gasteiger partial charge in [0.1, 0.15) is 69.7 Å². The fraction of sp³-hybridized carbons (Fsp3) is 0.520. The summed E-state index contributed by atoms with van der Waals surface area (Å²) in [5.74, 6) is 0.545. The van der Waals surface area contributed by atoms with Crippen molar-refractivity contribution < 1.29 is 54.0 Å². The van der Waals surface area contributed by atoms with Gasteiger partial charge in [0.05, 0.1) is 74.9 Å². The van der Waals surface area contributed by atoms with E-state index in [0.717, 1.165) is 37.6 Å². The van der Waals surface area contributed by atoms with E-state index in [1.165, 1.54) is 28.4 Å². The Kier molecular flexibility index (Phi) is 16.7. The number of ether oxygens (including phenoxy) is 6. The van der Waals surface area contributed by atoms with Crippen LogP contribution >= 0.6 is 0 Å². The summed E-state index contributed by atoms with van der Waals surface area (Å²) in [4.78, 5) is 15.9. The molecule has 400 valence electrons. The van der Waals surface area contributed by atoms with Crippen molar-refractivity contribution >= 4 is 19.7 Å². The molecule has 6 heterocycles. The summed E-state index contributed by atoms with van der Waals surface area (Å²) in [7, 11) is -1.47. The smallest absolute Gasteiger partial charge is 0.167 e. The van der Waals surface area contributed by atoms with E-state index in [1.54, 1.807) is 73.2 Å². The number of aromatic nitrogens is 10. The van der Waals surface area contributed by atoms with Crippen LogP contribution in [0.25, 0.3) is 11.4 Å². The lowest BCUT2D eigenvalue weighted by Gasteiger charge is -2.22. The molecule has 0 unspecified atom stereocenters. The van der Waals surface area contributed by atoms with E-state index < -0.39 is 77.4 Å².